The molecule has 0 radical (unpaired) electrons. The number of hydrogen-bond acceptors (Lipinski definition) is 3. The molecule has 0 aliphatic rings. The van der Waals surface area contributed by atoms with Crippen LogP contribution >= 0.6 is 0 Å². The molecular weight excluding hydrogens is 266 g/mol. The first kappa shape index (κ1) is 17.5. The molecule has 21 heavy (non-hydrogen) atoms. The number of carboxylic acid groups (broad SMARTS) is 1. The van der Waals surface area contributed by atoms with E-state index in [1.54, 1.807) is 7.11 Å². The van der Waals surface area contributed by atoms with Gasteiger partial charge in [0.2, 0.25) is 0 Å². The molecule has 0 saturated heterocycles. The van der Waals surface area contributed by atoms with E-state index in [0.29, 0.717) is 18.9 Å². The van der Waals surface area contributed by atoms with Crippen LogP contribution in [0.4, 0.5) is 0 Å². The maximum absolute atomic E-state index is 11.2. The maximum atomic E-state index is 11.2. The summed E-state index contributed by atoms with van der Waals surface area (Å²) in [4.78, 5) is 11.2. The Balaban J connectivity index is 2.52. The molecule has 1 aromatic rings. The normalized spacial score (nSPS) is 14.0. The van der Waals surface area contributed by atoms with Crippen LogP contribution in [0.15, 0.2) is 24.3 Å². The molecule has 4 heteroatoms. The zero-order valence-corrected chi connectivity index (χ0v) is 13.4. The SMILES string of the molecule is COc1ccccc1CC(C)NCC(CC(C)C)C(=O)O. The third kappa shape index (κ3) is 6.17. The highest BCUT2D eigenvalue weighted by Gasteiger charge is 2.19. The monoisotopic (exact) mass is 293 g/mol. The second-order valence-electron chi connectivity index (χ2n) is 5.99. The number of nitrogens with one attached hydrogen (secondary N) is 1. The minimum atomic E-state index is -0.722. The lowest BCUT2D eigenvalue weighted by Crippen LogP contribution is -2.36. The van der Waals surface area contributed by atoms with E-state index in [0.717, 1.165) is 17.7 Å². The van der Waals surface area contributed by atoms with Crippen molar-refractivity contribution in [2.75, 3.05) is 13.7 Å². The molecule has 1 aromatic carbocycles. The second-order valence-corrected chi connectivity index (χ2v) is 5.99. The smallest absolute Gasteiger partial charge is 0.307 e. The molecule has 2 N–H and O–H groups in total. The minimum absolute atomic E-state index is 0.204. The standard InChI is InChI=1S/C17H27NO3/c1-12(2)9-15(17(19)20)11-18-13(3)10-14-7-5-6-8-16(14)21-4/h5-8,12-13,15,18H,9-11H2,1-4H3,(H,19,20). The summed E-state index contributed by atoms with van der Waals surface area (Å²) in [6, 6.07) is 8.13. The third-order valence-corrected chi connectivity index (χ3v) is 3.54. The minimum Gasteiger partial charge on any atom is -0.496 e. The molecular formula is C17H27NO3. The molecule has 1 rings (SSSR count). The van der Waals surface area contributed by atoms with Gasteiger partial charge >= 0.3 is 5.97 Å². The summed E-state index contributed by atoms with van der Waals surface area (Å²) in [7, 11) is 1.67. The Morgan fingerprint density at radius 3 is 2.52 bits per heavy atom. The topological polar surface area (TPSA) is 58.6 Å². The molecule has 2 atom stereocenters. The highest BCUT2D eigenvalue weighted by molar-refractivity contribution is 5.70. The number of para-hydroxylation sites is 1. The molecule has 2 unspecified atom stereocenters. The lowest BCUT2D eigenvalue weighted by Gasteiger charge is -2.20. The Bertz CT molecular complexity index is 445. The summed E-state index contributed by atoms with van der Waals surface area (Å²) in [5, 5.41) is 12.6. The number of aliphatic carboxylic acids is 1. The van der Waals surface area contributed by atoms with Gasteiger partial charge in [-0.15, -0.1) is 0 Å². The fraction of sp³-hybridized carbons (Fsp3) is 0.588. The predicted octanol–water partition coefficient (Wildman–Crippen LogP) is 2.96. The van der Waals surface area contributed by atoms with Crippen molar-refractivity contribution in [1.82, 2.24) is 5.32 Å². The van der Waals surface area contributed by atoms with E-state index in [4.69, 9.17) is 4.74 Å². The number of benzene rings is 1. The van der Waals surface area contributed by atoms with Gasteiger partial charge in [-0.1, -0.05) is 32.0 Å². The molecule has 0 heterocycles. The van der Waals surface area contributed by atoms with E-state index in [1.807, 2.05) is 38.1 Å². The third-order valence-electron chi connectivity index (χ3n) is 3.54. The molecule has 0 bridgehead atoms. The van der Waals surface area contributed by atoms with Crippen molar-refractivity contribution in [3.8, 4) is 5.75 Å². The van der Waals surface area contributed by atoms with Gasteiger partial charge < -0.3 is 15.2 Å². The van der Waals surface area contributed by atoms with Gasteiger partial charge in [-0.05, 0) is 37.3 Å². The van der Waals surface area contributed by atoms with E-state index in [2.05, 4.69) is 12.2 Å². The van der Waals surface area contributed by atoms with E-state index >= 15 is 0 Å². The first-order chi connectivity index (χ1) is 9.93. The summed E-state index contributed by atoms with van der Waals surface area (Å²) < 4.78 is 5.34. The van der Waals surface area contributed by atoms with Crippen molar-refractivity contribution >= 4 is 5.97 Å². The van der Waals surface area contributed by atoms with Crippen molar-refractivity contribution in [2.24, 2.45) is 11.8 Å². The van der Waals surface area contributed by atoms with Gasteiger partial charge in [-0.3, -0.25) is 4.79 Å². The van der Waals surface area contributed by atoms with Crippen molar-refractivity contribution < 1.29 is 14.6 Å². The summed E-state index contributed by atoms with van der Waals surface area (Å²) in [5.41, 5.74) is 1.13. The summed E-state index contributed by atoms with van der Waals surface area (Å²) >= 11 is 0. The highest BCUT2D eigenvalue weighted by atomic mass is 16.5. The molecule has 118 valence electrons. The Kier molecular flexibility index (Phi) is 7.23. The average Bonchev–Trinajstić information content (AvgIpc) is 2.43. The molecule has 4 nitrogen and oxygen atoms in total. The molecule has 0 amide bonds. The van der Waals surface area contributed by atoms with Crippen molar-refractivity contribution in [2.45, 2.75) is 39.7 Å². The molecule has 0 aliphatic heterocycles. The molecule has 0 aromatic heterocycles. The van der Waals surface area contributed by atoms with E-state index in [-0.39, 0.29) is 12.0 Å². The van der Waals surface area contributed by atoms with E-state index < -0.39 is 5.97 Å². The first-order valence-corrected chi connectivity index (χ1v) is 7.52. The van der Waals surface area contributed by atoms with E-state index in [1.165, 1.54) is 0 Å². The zero-order chi connectivity index (χ0) is 15.8. The average molecular weight is 293 g/mol. The van der Waals surface area contributed by atoms with Crippen molar-refractivity contribution in [3.63, 3.8) is 0 Å². The summed E-state index contributed by atoms with van der Waals surface area (Å²) in [5.74, 6) is 0.214. The van der Waals surface area contributed by atoms with Gasteiger partial charge in [0, 0.05) is 12.6 Å². The van der Waals surface area contributed by atoms with Crippen LogP contribution in [0, 0.1) is 11.8 Å². The number of methoxy groups -OCH3 is 1. The zero-order valence-electron chi connectivity index (χ0n) is 13.4. The number of ether oxygens (including phenoxy) is 1. The lowest BCUT2D eigenvalue weighted by atomic mass is 9.96. The van der Waals surface area contributed by atoms with Gasteiger partial charge in [0.1, 0.15) is 5.75 Å². The second kappa shape index (κ2) is 8.67. The highest BCUT2D eigenvalue weighted by Crippen LogP contribution is 2.19. The molecule has 0 spiro atoms. The number of hydrogen-bond donors (Lipinski definition) is 2. The molecule has 0 fully saturated rings. The summed E-state index contributed by atoms with van der Waals surface area (Å²) in [6.07, 6.45) is 1.52. The Morgan fingerprint density at radius 1 is 1.29 bits per heavy atom. The van der Waals surface area contributed by atoms with E-state index in [9.17, 15) is 9.90 Å². The fourth-order valence-electron chi connectivity index (χ4n) is 2.46. The lowest BCUT2D eigenvalue weighted by molar-refractivity contribution is -0.142. The van der Waals surface area contributed by atoms with Crippen molar-refractivity contribution in [1.29, 1.82) is 0 Å². The largest absolute Gasteiger partial charge is 0.496 e. The van der Waals surface area contributed by atoms with Gasteiger partial charge in [0.25, 0.3) is 0 Å². The Labute approximate surface area is 127 Å². The Morgan fingerprint density at radius 2 is 1.95 bits per heavy atom. The van der Waals surface area contributed by atoms with Crippen LogP contribution in [0.5, 0.6) is 5.75 Å². The van der Waals surface area contributed by atoms with Crippen LogP contribution in [0.25, 0.3) is 0 Å². The number of carbonyl (C=O) groups is 1. The first-order valence-electron chi connectivity index (χ1n) is 7.52. The molecule has 0 saturated carbocycles. The van der Waals surface area contributed by atoms with Crippen LogP contribution in [0.2, 0.25) is 0 Å². The predicted molar refractivity (Wildman–Crippen MR) is 84.7 cm³/mol. The Hall–Kier alpha value is -1.55. The van der Waals surface area contributed by atoms with Crippen LogP contribution < -0.4 is 10.1 Å². The van der Waals surface area contributed by atoms with Gasteiger partial charge in [-0.2, -0.15) is 0 Å². The quantitative estimate of drug-likeness (QED) is 0.735. The number of carboxylic acids is 1. The van der Waals surface area contributed by atoms with Gasteiger partial charge in [0.15, 0.2) is 0 Å². The van der Waals surface area contributed by atoms with Crippen molar-refractivity contribution in [3.05, 3.63) is 29.8 Å². The maximum Gasteiger partial charge on any atom is 0.307 e. The van der Waals surface area contributed by atoms with Crippen LogP contribution in [-0.2, 0) is 11.2 Å². The fourth-order valence-corrected chi connectivity index (χ4v) is 2.46. The summed E-state index contributed by atoms with van der Waals surface area (Å²) in [6.45, 7) is 6.67. The van der Waals surface area contributed by atoms with Crippen LogP contribution in [0.1, 0.15) is 32.8 Å². The van der Waals surface area contributed by atoms with Crippen LogP contribution in [0.3, 0.4) is 0 Å². The van der Waals surface area contributed by atoms with Gasteiger partial charge in [0.05, 0.1) is 13.0 Å². The van der Waals surface area contributed by atoms with Crippen LogP contribution in [-0.4, -0.2) is 30.8 Å². The number of rotatable bonds is 9. The van der Waals surface area contributed by atoms with Gasteiger partial charge in [-0.25, -0.2) is 0 Å². The molecule has 0 aliphatic carbocycles.